The van der Waals surface area contributed by atoms with Crippen LogP contribution in [-0.4, -0.2) is 28.2 Å². The van der Waals surface area contributed by atoms with E-state index in [4.69, 9.17) is 0 Å². The summed E-state index contributed by atoms with van der Waals surface area (Å²) in [5.74, 6) is 0. The molecular weight excluding hydrogens is 178 g/mol. The van der Waals surface area contributed by atoms with E-state index in [2.05, 4.69) is 22.0 Å². The monoisotopic (exact) mass is 193 g/mol. The van der Waals surface area contributed by atoms with Gasteiger partial charge < -0.3 is 0 Å². The minimum Gasteiger partial charge on any atom is -0.295 e. The summed E-state index contributed by atoms with van der Waals surface area (Å²) in [6.45, 7) is 4.34. The lowest BCUT2D eigenvalue weighted by atomic mass is 10.1. The van der Waals surface area contributed by atoms with Crippen molar-refractivity contribution in [3.8, 4) is 0 Å². The molecule has 0 aliphatic carbocycles. The van der Waals surface area contributed by atoms with Crippen molar-refractivity contribution in [1.29, 1.82) is 0 Å². The normalized spacial score (nSPS) is 22.8. The Hall–Kier alpha value is -1.16. The molecule has 1 fully saturated rings. The van der Waals surface area contributed by atoms with Crippen LogP contribution in [0.5, 0.6) is 0 Å². The fraction of sp³-hybridized carbons (Fsp3) is 0.600. The zero-order valence-electron chi connectivity index (χ0n) is 8.36. The van der Waals surface area contributed by atoms with Gasteiger partial charge in [0.2, 0.25) is 0 Å². The average Bonchev–Trinajstić information content (AvgIpc) is 2.67. The Kier molecular flexibility index (Phi) is 2.63. The summed E-state index contributed by atoms with van der Waals surface area (Å²) < 4.78 is 0. The number of hydrogen-bond donors (Lipinski definition) is 1. The predicted molar refractivity (Wildman–Crippen MR) is 54.1 cm³/mol. The Bertz CT molecular complexity index is 340. The van der Waals surface area contributed by atoms with Gasteiger partial charge in [-0.1, -0.05) is 6.92 Å². The lowest BCUT2D eigenvalue weighted by Crippen LogP contribution is -2.24. The van der Waals surface area contributed by atoms with Crippen LogP contribution < -0.4 is 5.56 Å². The molecule has 1 N–H and O–H groups in total. The number of hydrogen-bond acceptors (Lipinski definition) is 3. The van der Waals surface area contributed by atoms with E-state index < -0.39 is 0 Å². The lowest BCUT2D eigenvalue weighted by molar-refractivity contribution is 0.265. The van der Waals surface area contributed by atoms with Gasteiger partial charge in [0, 0.05) is 6.07 Å². The van der Waals surface area contributed by atoms with Crippen LogP contribution in [-0.2, 0) is 0 Å². The van der Waals surface area contributed by atoms with E-state index in [1.54, 1.807) is 6.07 Å². The highest BCUT2D eigenvalue weighted by molar-refractivity contribution is 5.07. The second kappa shape index (κ2) is 3.92. The average molecular weight is 193 g/mol. The Morgan fingerprint density at radius 2 is 2.50 bits per heavy atom. The van der Waals surface area contributed by atoms with E-state index in [1.807, 2.05) is 6.07 Å². The number of rotatable bonds is 2. The molecule has 1 atom stereocenters. The molecule has 1 unspecified atom stereocenters. The molecule has 1 aromatic heterocycles. The topological polar surface area (TPSA) is 49.0 Å². The highest BCUT2D eigenvalue weighted by atomic mass is 16.1. The third kappa shape index (κ3) is 1.70. The summed E-state index contributed by atoms with van der Waals surface area (Å²) in [6.07, 6.45) is 2.37. The van der Waals surface area contributed by atoms with Gasteiger partial charge in [-0.2, -0.15) is 5.10 Å². The van der Waals surface area contributed by atoms with E-state index in [0.717, 1.165) is 25.2 Å². The maximum Gasteiger partial charge on any atom is 0.264 e. The Balaban J connectivity index is 2.21. The van der Waals surface area contributed by atoms with E-state index in [0.29, 0.717) is 6.04 Å². The van der Waals surface area contributed by atoms with E-state index in [1.165, 1.54) is 6.42 Å². The first-order chi connectivity index (χ1) is 6.81. The van der Waals surface area contributed by atoms with Gasteiger partial charge in [-0.25, -0.2) is 5.10 Å². The summed E-state index contributed by atoms with van der Waals surface area (Å²) in [5.41, 5.74) is 0.860. The van der Waals surface area contributed by atoms with Crippen LogP contribution in [0.4, 0.5) is 0 Å². The SMILES string of the molecule is CCN1CCCC1c1ccc(=O)[nH]n1. The first-order valence-electron chi connectivity index (χ1n) is 5.11. The van der Waals surface area contributed by atoms with Gasteiger partial charge >= 0.3 is 0 Å². The molecule has 1 aliphatic rings. The number of likely N-dealkylation sites (tertiary alicyclic amines) is 1. The largest absolute Gasteiger partial charge is 0.295 e. The third-order valence-electron chi connectivity index (χ3n) is 2.81. The molecule has 0 amide bonds. The summed E-state index contributed by atoms with van der Waals surface area (Å²) in [5, 5.41) is 6.57. The van der Waals surface area contributed by atoms with Gasteiger partial charge in [-0.05, 0) is 32.0 Å². The molecule has 2 rings (SSSR count). The minimum atomic E-state index is -0.130. The Morgan fingerprint density at radius 1 is 1.64 bits per heavy atom. The molecule has 1 aliphatic heterocycles. The van der Waals surface area contributed by atoms with Crippen LogP contribution in [0.3, 0.4) is 0 Å². The number of nitrogens with one attached hydrogen (secondary N) is 1. The highest BCUT2D eigenvalue weighted by Gasteiger charge is 2.25. The summed E-state index contributed by atoms with van der Waals surface area (Å²) >= 11 is 0. The van der Waals surface area contributed by atoms with Crippen molar-refractivity contribution in [3.05, 3.63) is 28.2 Å². The van der Waals surface area contributed by atoms with Crippen LogP contribution in [0.1, 0.15) is 31.5 Å². The number of H-pyrrole nitrogens is 1. The van der Waals surface area contributed by atoms with Crippen molar-refractivity contribution in [3.63, 3.8) is 0 Å². The molecule has 14 heavy (non-hydrogen) atoms. The zero-order chi connectivity index (χ0) is 9.97. The predicted octanol–water partition coefficient (Wildman–Crippen LogP) is 0.927. The van der Waals surface area contributed by atoms with Gasteiger partial charge in [0.1, 0.15) is 0 Å². The fourth-order valence-electron chi connectivity index (χ4n) is 2.08. The molecule has 1 aromatic rings. The summed E-state index contributed by atoms with van der Waals surface area (Å²) in [4.78, 5) is 13.2. The van der Waals surface area contributed by atoms with Crippen LogP contribution >= 0.6 is 0 Å². The third-order valence-corrected chi connectivity index (χ3v) is 2.81. The van der Waals surface area contributed by atoms with Gasteiger partial charge in [0.15, 0.2) is 0 Å². The first-order valence-corrected chi connectivity index (χ1v) is 5.11. The standard InChI is InChI=1S/C10H15N3O/c1-2-13-7-3-4-9(13)8-5-6-10(14)12-11-8/h5-6,9H,2-4,7H2,1H3,(H,12,14). The number of nitrogens with zero attached hydrogens (tertiary/aromatic N) is 2. The van der Waals surface area contributed by atoms with Crippen LogP contribution in [0.25, 0.3) is 0 Å². The molecule has 0 aromatic carbocycles. The lowest BCUT2D eigenvalue weighted by Gasteiger charge is -2.21. The maximum absolute atomic E-state index is 10.9. The van der Waals surface area contributed by atoms with Crippen LogP contribution in [0.15, 0.2) is 16.9 Å². The van der Waals surface area contributed by atoms with Crippen molar-refractivity contribution in [2.24, 2.45) is 0 Å². The molecular formula is C10H15N3O. The Labute approximate surface area is 82.9 Å². The first kappa shape index (κ1) is 9.40. The molecule has 0 saturated carbocycles. The zero-order valence-corrected chi connectivity index (χ0v) is 8.36. The number of aromatic nitrogens is 2. The highest BCUT2D eigenvalue weighted by Crippen LogP contribution is 2.29. The molecule has 0 spiro atoms. The molecule has 76 valence electrons. The van der Waals surface area contributed by atoms with Gasteiger partial charge in [0.25, 0.3) is 5.56 Å². The van der Waals surface area contributed by atoms with Crippen LogP contribution in [0.2, 0.25) is 0 Å². The molecule has 2 heterocycles. The number of aromatic amines is 1. The Morgan fingerprint density at radius 3 is 3.14 bits per heavy atom. The second-order valence-electron chi connectivity index (χ2n) is 3.63. The summed E-state index contributed by atoms with van der Waals surface area (Å²) in [7, 11) is 0. The maximum atomic E-state index is 10.9. The molecule has 0 radical (unpaired) electrons. The fourth-order valence-corrected chi connectivity index (χ4v) is 2.08. The van der Waals surface area contributed by atoms with Crippen LogP contribution in [0, 0.1) is 0 Å². The van der Waals surface area contributed by atoms with E-state index in [9.17, 15) is 4.79 Å². The van der Waals surface area contributed by atoms with Crippen molar-refractivity contribution in [2.75, 3.05) is 13.1 Å². The molecule has 0 bridgehead atoms. The molecule has 4 heteroatoms. The van der Waals surface area contributed by atoms with Gasteiger partial charge in [-0.3, -0.25) is 9.69 Å². The second-order valence-corrected chi connectivity index (χ2v) is 3.63. The quantitative estimate of drug-likeness (QED) is 0.760. The van der Waals surface area contributed by atoms with Crippen molar-refractivity contribution in [2.45, 2.75) is 25.8 Å². The smallest absolute Gasteiger partial charge is 0.264 e. The van der Waals surface area contributed by atoms with Gasteiger partial charge in [0.05, 0.1) is 11.7 Å². The van der Waals surface area contributed by atoms with E-state index >= 15 is 0 Å². The van der Waals surface area contributed by atoms with Crippen molar-refractivity contribution >= 4 is 0 Å². The summed E-state index contributed by atoms with van der Waals surface area (Å²) in [6, 6.07) is 3.78. The van der Waals surface area contributed by atoms with Gasteiger partial charge in [-0.15, -0.1) is 0 Å². The van der Waals surface area contributed by atoms with Crippen molar-refractivity contribution in [1.82, 2.24) is 15.1 Å². The minimum absolute atomic E-state index is 0.130. The van der Waals surface area contributed by atoms with Crippen molar-refractivity contribution < 1.29 is 0 Å². The van der Waals surface area contributed by atoms with E-state index in [-0.39, 0.29) is 5.56 Å². The molecule has 1 saturated heterocycles. The molecule has 4 nitrogen and oxygen atoms in total.